The maximum absolute atomic E-state index is 12.6. The minimum Gasteiger partial charge on any atom is -0.262 e. The van der Waals surface area contributed by atoms with Crippen molar-refractivity contribution in [2.45, 2.75) is 36.1 Å². The van der Waals surface area contributed by atoms with E-state index in [1.807, 2.05) is 12.1 Å². The van der Waals surface area contributed by atoms with Crippen LogP contribution in [0.1, 0.15) is 31.9 Å². The molecule has 2 nitrogen and oxygen atoms in total. The van der Waals surface area contributed by atoms with Crippen molar-refractivity contribution in [1.29, 1.82) is 0 Å². The summed E-state index contributed by atoms with van der Waals surface area (Å²) in [5.74, 6) is 4.37. The Balaban J connectivity index is 2.30. The van der Waals surface area contributed by atoms with E-state index in [1.54, 1.807) is 11.7 Å². The number of rotatable bonds is 3. The lowest BCUT2D eigenvalue weighted by Gasteiger charge is -2.20. The minimum absolute atomic E-state index is 0.0997. The number of hydrogen-bond acceptors (Lipinski definition) is 3. The first-order valence-corrected chi connectivity index (χ1v) is 8.89. The largest absolute Gasteiger partial charge is 0.262 e. The van der Waals surface area contributed by atoms with Crippen LogP contribution in [0.15, 0.2) is 40.2 Å². The Labute approximate surface area is 119 Å². The molecule has 0 saturated carbocycles. The van der Waals surface area contributed by atoms with Crippen LogP contribution in [0.25, 0.3) is 0 Å². The fourth-order valence-corrected chi connectivity index (χ4v) is 4.32. The average molecular weight is 293 g/mol. The molecular formula is C15H19NOS2. The first kappa shape index (κ1) is 14.3. The second kappa shape index (κ2) is 5.10. The third-order valence-corrected chi connectivity index (χ3v) is 6.37. The van der Waals surface area contributed by atoms with E-state index in [0.29, 0.717) is 5.75 Å². The van der Waals surface area contributed by atoms with E-state index in [9.17, 15) is 4.21 Å². The van der Waals surface area contributed by atoms with E-state index in [-0.39, 0.29) is 5.41 Å². The van der Waals surface area contributed by atoms with Crippen molar-refractivity contribution >= 4 is 26.7 Å². The Kier molecular flexibility index (Phi) is 3.83. The second-order valence-corrected chi connectivity index (χ2v) is 9.22. The zero-order valence-corrected chi connectivity index (χ0v) is 13.2. The van der Waals surface area contributed by atoms with Gasteiger partial charge in [-0.3, -0.25) is 9.19 Å². The molecule has 1 atom stereocenters. The van der Waals surface area contributed by atoms with Gasteiger partial charge in [0.1, 0.15) is 4.21 Å². The molecular weight excluding hydrogens is 274 g/mol. The van der Waals surface area contributed by atoms with Crippen LogP contribution in [0.3, 0.4) is 0 Å². The maximum atomic E-state index is 12.6. The normalized spacial score (nSPS) is 15.1. The van der Waals surface area contributed by atoms with Crippen molar-refractivity contribution in [2.75, 3.05) is 0 Å². The summed E-state index contributed by atoms with van der Waals surface area (Å²) in [7, 11) is -2.28. The molecule has 0 N–H and O–H groups in total. The first-order valence-electron chi connectivity index (χ1n) is 6.12. The van der Waals surface area contributed by atoms with Crippen LogP contribution < -0.4 is 0 Å². The van der Waals surface area contributed by atoms with Crippen molar-refractivity contribution in [2.24, 2.45) is 0 Å². The molecule has 1 unspecified atom stereocenters. The average Bonchev–Trinajstić information content (AvgIpc) is 2.81. The van der Waals surface area contributed by atoms with Crippen LogP contribution >= 0.6 is 11.3 Å². The van der Waals surface area contributed by atoms with E-state index in [1.165, 1.54) is 16.9 Å². The SMILES string of the molecule is C=S(=O)(Cc1cccc(C(C)(C)C)c1)c1cncs1. The number of hydrogen-bond donors (Lipinski definition) is 0. The van der Waals surface area contributed by atoms with Gasteiger partial charge in [-0.15, -0.1) is 11.3 Å². The van der Waals surface area contributed by atoms with Crippen LogP contribution in [0.4, 0.5) is 0 Å². The van der Waals surface area contributed by atoms with E-state index in [2.05, 4.69) is 43.8 Å². The first-order chi connectivity index (χ1) is 8.79. The van der Waals surface area contributed by atoms with Crippen LogP contribution in [0.2, 0.25) is 0 Å². The third-order valence-electron chi connectivity index (χ3n) is 2.97. The van der Waals surface area contributed by atoms with Gasteiger partial charge in [-0.25, -0.2) is 0 Å². The highest BCUT2D eigenvalue weighted by atomic mass is 32.2. The molecule has 1 aromatic carbocycles. The molecule has 0 aliphatic rings. The summed E-state index contributed by atoms with van der Waals surface area (Å²) in [6.45, 7) is 6.53. The third kappa shape index (κ3) is 3.45. The molecule has 0 fully saturated rings. The van der Waals surface area contributed by atoms with E-state index >= 15 is 0 Å². The second-order valence-electron chi connectivity index (χ2n) is 5.73. The minimum atomic E-state index is -2.28. The van der Waals surface area contributed by atoms with Gasteiger partial charge in [0.2, 0.25) is 0 Å². The molecule has 2 rings (SSSR count). The molecule has 0 radical (unpaired) electrons. The van der Waals surface area contributed by atoms with Gasteiger partial charge in [-0.05, 0) is 22.4 Å². The quantitative estimate of drug-likeness (QED) is 0.807. The highest BCUT2D eigenvalue weighted by molar-refractivity contribution is 8.01. The summed E-state index contributed by atoms with van der Waals surface area (Å²) >= 11 is 1.41. The predicted molar refractivity (Wildman–Crippen MR) is 84.5 cm³/mol. The number of nitrogens with zero attached hydrogens (tertiary/aromatic N) is 1. The lowest BCUT2D eigenvalue weighted by molar-refractivity contribution is 0.589. The van der Waals surface area contributed by atoms with E-state index < -0.39 is 9.52 Å². The van der Waals surface area contributed by atoms with Crippen molar-refractivity contribution < 1.29 is 4.21 Å². The van der Waals surface area contributed by atoms with Crippen molar-refractivity contribution in [3.8, 4) is 0 Å². The molecule has 4 heteroatoms. The van der Waals surface area contributed by atoms with Gasteiger partial charge >= 0.3 is 0 Å². The van der Waals surface area contributed by atoms with Gasteiger partial charge in [0.05, 0.1) is 11.7 Å². The van der Waals surface area contributed by atoms with E-state index in [0.717, 1.165) is 9.77 Å². The van der Waals surface area contributed by atoms with Crippen LogP contribution in [-0.2, 0) is 20.7 Å². The summed E-state index contributed by atoms with van der Waals surface area (Å²) in [5, 5.41) is 0. The van der Waals surface area contributed by atoms with Gasteiger partial charge in [0, 0.05) is 15.3 Å². The molecule has 1 heterocycles. The molecule has 0 aliphatic carbocycles. The number of aromatic nitrogens is 1. The number of benzene rings is 1. The molecule has 102 valence electrons. The summed E-state index contributed by atoms with van der Waals surface area (Å²) in [4.78, 5) is 3.99. The molecule has 0 aliphatic heterocycles. The number of thiazole rings is 1. The smallest absolute Gasteiger partial charge is 0.103 e. The van der Waals surface area contributed by atoms with E-state index in [4.69, 9.17) is 0 Å². The lowest BCUT2D eigenvalue weighted by atomic mass is 9.86. The predicted octanol–water partition coefficient (Wildman–Crippen LogP) is 3.72. The summed E-state index contributed by atoms with van der Waals surface area (Å²) in [6.07, 6.45) is 1.66. The van der Waals surface area contributed by atoms with Crippen LogP contribution in [0, 0.1) is 0 Å². The van der Waals surface area contributed by atoms with Gasteiger partial charge in [0.15, 0.2) is 0 Å². The Morgan fingerprint density at radius 1 is 1.37 bits per heavy atom. The fraction of sp³-hybridized carbons (Fsp3) is 0.333. The molecule has 1 aromatic heterocycles. The van der Waals surface area contributed by atoms with Crippen molar-refractivity contribution in [3.05, 3.63) is 47.1 Å². The molecule has 19 heavy (non-hydrogen) atoms. The molecule has 0 amide bonds. The summed E-state index contributed by atoms with van der Waals surface area (Å²) in [6, 6.07) is 8.28. The van der Waals surface area contributed by atoms with Crippen LogP contribution in [-0.4, -0.2) is 15.1 Å². The Hall–Kier alpha value is -1.13. The Morgan fingerprint density at radius 2 is 2.11 bits per heavy atom. The van der Waals surface area contributed by atoms with Crippen molar-refractivity contribution in [3.63, 3.8) is 0 Å². The highest BCUT2D eigenvalue weighted by Gasteiger charge is 2.16. The van der Waals surface area contributed by atoms with Crippen molar-refractivity contribution in [1.82, 2.24) is 4.98 Å². The standard InChI is InChI=1S/C15H19NOS2/c1-15(2,3)13-7-5-6-12(8-13)10-19(4,17)14-9-16-11-18-14/h5-9,11H,4,10H2,1-3H3. The molecule has 0 bridgehead atoms. The molecule has 0 saturated heterocycles. The monoisotopic (exact) mass is 293 g/mol. The van der Waals surface area contributed by atoms with Gasteiger partial charge in [0.25, 0.3) is 0 Å². The Bertz CT molecular complexity index is 650. The topological polar surface area (TPSA) is 30.0 Å². The summed E-state index contributed by atoms with van der Waals surface area (Å²) < 4.78 is 13.4. The Morgan fingerprint density at radius 3 is 2.68 bits per heavy atom. The van der Waals surface area contributed by atoms with Gasteiger partial charge in [-0.1, -0.05) is 45.0 Å². The van der Waals surface area contributed by atoms with Gasteiger partial charge in [-0.2, -0.15) is 0 Å². The fourth-order valence-electron chi connectivity index (χ4n) is 1.86. The zero-order valence-electron chi connectivity index (χ0n) is 11.6. The molecule has 0 spiro atoms. The van der Waals surface area contributed by atoms with Gasteiger partial charge < -0.3 is 0 Å². The summed E-state index contributed by atoms with van der Waals surface area (Å²) in [5.41, 5.74) is 4.12. The molecule has 2 aromatic rings. The zero-order chi connectivity index (χ0) is 14.1. The highest BCUT2D eigenvalue weighted by Crippen LogP contribution is 2.25. The lowest BCUT2D eigenvalue weighted by Crippen LogP contribution is -2.12. The van der Waals surface area contributed by atoms with Crippen LogP contribution in [0.5, 0.6) is 0 Å². The maximum Gasteiger partial charge on any atom is 0.103 e.